The fourth-order valence-corrected chi connectivity index (χ4v) is 5.39. The van der Waals surface area contributed by atoms with E-state index < -0.39 is 23.5 Å². The number of rotatable bonds is 7. The number of hydrogen-bond acceptors (Lipinski definition) is 8. The number of anilines is 1. The van der Waals surface area contributed by atoms with E-state index in [1.807, 2.05) is 18.4 Å². The van der Waals surface area contributed by atoms with Crippen LogP contribution in [0.25, 0.3) is 5.76 Å². The number of benzene rings is 2. The van der Waals surface area contributed by atoms with Crippen molar-refractivity contribution in [1.29, 1.82) is 0 Å². The van der Waals surface area contributed by atoms with Gasteiger partial charge in [-0.05, 0) is 30.0 Å². The Hall–Kier alpha value is -3.69. The fourth-order valence-electron chi connectivity index (χ4n) is 4.13. The van der Waals surface area contributed by atoms with Crippen LogP contribution < -0.4 is 23.8 Å². The average molecular weight is 530 g/mol. The summed E-state index contributed by atoms with van der Waals surface area (Å²) in [6.45, 7) is 1.88. The summed E-state index contributed by atoms with van der Waals surface area (Å²) in [5.41, 5.74) is 1.32. The molecule has 2 heterocycles. The summed E-state index contributed by atoms with van der Waals surface area (Å²) in [5.74, 6) is -0.680. The molecule has 1 N–H and O–H groups in total. The standard InChI is InChI=1S/C26H24ClNO7S/c1-13-6-7-36-25(13)22-21(23(29)17-11-20(35-5)18(27)12-19(17)34-4)24(30)26(31)28(22)14-8-15(32-2)10-16(9-14)33-3/h6-12,22,29H,1-5H3/b23-21+. The number of thiophene rings is 1. The Kier molecular flexibility index (Phi) is 7.14. The molecule has 0 radical (unpaired) electrons. The molecule has 0 spiro atoms. The number of Topliss-reactive ketones (excluding diaryl/α,β-unsaturated/α-hetero) is 1. The summed E-state index contributed by atoms with van der Waals surface area (Å²) < 4.78 is 21.5. The van der Waals surface area contributed by atoms with Gasteiger partial charge in [-0.2, -0.15) is 0 Å². The van der Waals surface area contributed by atoms with Crippen LogP contribution in [0.4, 0.5) is 5.69 Å². The second kappa shape index (κ2) is 10.1. The number of methoxy groups -OCH3 is 4. The van der Waals surface area contributed by atoms with Crippen LogP contribution >= 0.6 is 22.9 Å². The predicted molar refractivity (Wildman–Crippen MR) is 138 cm³/mol. The van der Waals surface area contributed by atoms with E-state index in [4.69, 9.17) is 30.5 Å². The molecule has 36 heavy (non-hydrogen) atoms. The van der Waals surface area contributed by atoms with Crippen molar-refractivity contribution in [3.8, 4) is 23.0 Å². The number of nitrogens with zero attached hydrogens (tertiary/aromatic N) is 1. The zero-order valence-electron chi connectivity index (χ0n) is 20.2. The molecular formula is C26H24ClNO7S. The molecule has 8 nitrogen and oxygen atoms in total. The number of halogens is 1. The lowest BCUT2D eigenvalue weighted by atomic mass is 9.97. The maximum atomic E-state index is 13.5. The maximum Gasteiger partial charge on any atom is 0.300 e. The molecule has 1 saturated heterocycles. The first-order valence-electron chi connectivity index (χ1n) is 10.8. The highest BCUT2D eigenvalue weighted by atomic mass is 35.5. The normalized spacial score (nSPS) is 16.8. The van der Waals surface area contributed by atoms with Crippen LogP contribution in [0.2, 0.25) is 5.02 Å². The van der Waals surface area contributed by atoms with Crippen LogP contribution in [0.3, 0.4) is 0 Å². The lowest BCUT2D eigenvalue weighted by Gasteiger charge is -2.26. The molecule has 0 saturated carbocycles. The number of aliphatic hydroxyl groups is 1. The van der Waals surface area contributed by atoms with Crippen molar-refractivity contribution < 1.29 is 33.6 Å². The van der Waals surface area contributed by atoms with Gasteiger partial charge in [0.25, 0.3) is 11.7 Å². The Bertz CT molecular complexity index is 1360. The average Bonchev–Trinajstić information content (AvgIpc) is 3.42. The molecule has 10 heteroatoms. The van der Waals surface area contributed by atoms with Gasteiger partial charge in [0.05, 0.1) is 50.3 Å². The van der Waals surface area contributed by atoms with E-state index in [0.29, 0.717) is 17.2 Å². The summed E-state index contributed by atoms with van der Waals surface area (Å²) in [4.78, 5) is 29.0. The Morgan fingerprint density at radius 1 is 0.944 bits per heavy atom. The highest BCUT2D eigenvalue weighted by molar-refractivity contribution is 7.10. The lowest BCUT2D eigenvalue weighted by Crippen LogP contribution is -2.29. The van der Waals surface area contributed by atoms with Crippen molar-refractivity contribution in [3.05, 3.63) is 68.4 Å². The van der Waals surface area contributed by atoms with E-state index in [-0.39, 0.29) is 27.7 Å². The molecule has 1 unspecified atom stereocenters. The predicted octanol–water partition coefficient (Wildman–Crippen LogP) is 5.37. The molecule has 1 fully saturated rings. The van der Waals surface area contributed by atoms with Crippen molar-refractivity contribution >= 4 is 46.1 Å². The van der Waals surface area contributed by atoms with Crippen molar-refractivity contribution in [1.82, 2.24) is 0 Å². The van der Waals surface area contributed by atoms with Crippen LogP contribution in [0, 0.1) is 6.92 Å². The molecule has 1 aromatic heterocycles. The highest BCUT2D eigenvalue weighted by Crippen LogP contribution is 2.47. The number of ketones is 1. The van der Waals surface area contributed by atoms with Crippen molar-refractivity contribution in [3.63, 3.8) is 0 Å². The number of hydrogen-bond donors (Lipinski definition) is 1. The number of aryl methyl sites for hydroxylation is 1. The largest absolute Gasteiger partial charge is 0.507 e. The van der Waals surface area contributed by atoms with E-state index in [1.54, 1.807) is 18.2 Å². The minimum atomic E-state index is -0.909. The monoisotopic (exact) mass is 529 g/mol. The summed E-state index contributed by atoms with van der Waals surface area (Å²) >= 11 is 7.61. The SMILES string of the molecule is COc1cc(OC)cc(N2C(=O)C(=O)/C(=C(/O)c3cc(OC)c(Cl)cc3OC)C2c2sccc2C)c1. The van der Waals surface area contributed by atoms with E-state index in [2.05, 4.69) is 0 Å². The summed E-state index contributed by atoms with van der Waals surface area (Å²) in [6, 6.07) is 8.86. The topological polar surface area (TPSA) is 94.5 Å². The Balaban J connectivity index is 2.01. The molecule has 1 aliphatic heterocycles. The Morgan fingerprint density at radius 2 is 1.58 bits per heavy atom. The van der Waals surface area contributed by atoms with E-state index in [0.717, 1.165) is 10.4 Å². The highest BCUT2D eigenvalue weighted by Gasteiger charge is 2.48. The van der Waals surface area contributed by atoms with E-state index in [1.165, 1.54) is 56.8 Å². The minimum absolute atomic E-state index is 0.0880. The van der Waals surface area contributed by atoms with Crippen molar-refractivity contribution in [2.45, 2.75) is 13.0 Å². The zero-order chi connectivity index (χ0) is 26.1. The first-order valence-corrected chi connectivity index (χ1v) is 12.0. The molecule has 4 rings (SSSR count). The first-order chi connectivity index (χ1) is 17.2. The smallest absolute Gasteiger partial charge is 0.300 e. The van der Waals surface area contributed by atoms with Gasteiger partial charge >= 0.3 is 0 Å². The second-order valence-corrected chi connectivity index (χ2v) is 9.25. The van der Waals surface area contributed by atoms with Gasteiger partial charge < -0.3 is 24.1 Å². The summed E-state index contributed by atoms with van der Waals surface area (Å²) in [5, 5.41) is 13.6. The summed E-state index contributed by atoms with van der Waals surface area (Å²) in [7, 11) is 5.83. The molecule has 1 aliphatic rings. The van der Waals surface area contributed by atoms with Gasteiger partial charge in [0.15, 0.2) is 0 Å². The van der Waals surface area contributed by atoms with E-state index in [9.17, 15) is 14.7 Å². The van der Waals surface area contributed by atoms with Gasteiger partial charge in [0.1, 0.15) is 34.8 Å². The van der Waals surface area contributed by atoms with Gasteiger partial charge in [0, 0.05) is 29.1 Å². The molecular weight excluding hydrogens is 506 g/mol. The summed E-state index contributed by atoms with van der Waals surface area (Å²) in [6.07, 6.45) is 0. The molecule has 1 amide bonds. The van der Waals surface area contributed by atoms with Gasteiger partial charge in [0.2, 0.25) is 0 Å². The van der Waals surface area contributed by atoms with Crippen LogP contribution in [0.1, 0.15) is 22.0 Å². The number of ether oxygens (including phenoxy) is 4. The molecule has 2 aromatic carbocycles. The number of aliphatic hydroxyl groups excluding tert-OH is 1. The van der Waals surface area contributed by atoms with Crippen LogP contribution in [0.5, 0.6) is 23.0 Å². The minimum Gasteiger partial charge on any atom is -0.507 e. The second-order valence-electron chi connectivity index (χ2n) is 7.89. The van der Waals surface area contributed by atoms with Crippen molar-refractivity contribution in [2.24, 2.45) is 0 Å². The first kappa shape index (κ1) is 25.4. The Labute approximate surface area is 217 Å². The fraction of sp³-hybridized carbons (Fsp3) is 0.231. The van der Waals surface area contributed by atoms with Crippen LogP contribution in [-0.4, -0.2) is 45.2 Å². The third kappa shape index (κ3) is 4.25. The van der Waals surface area contributed by atoms with Gasteiger partial charge in [-0.3, -0.25) is 14.5 Å². The van der Waals surface area contributed by atoms with Gasteiger partial charge in [-0.25, -0.2) is 0 Å². The molecule has 188 valence electrons. The lowest BCUT2D eigenvalue weighted by molar-refractivity contribution is -0.132. The number of amides is 1. The third-order valence-electron chi connectivity index (χ3n) is 5.94. The molecule has 1 atom stereocenters. The van der Waals surface area contributed by atoms with E-state index >= 15 is 0 Å². The zero-order valence-corrected chi connectivity index (χ0v) is 21.8. The molecule has 0 bridgehead atoms. The van der Waals surface area contributed by atoms with Gasteiger partial charge in [-0.15, -0.1) is 11.3 Å². The van der Waals surface area contributed by atoms with Crippen LogP contribution in [-0.2, 0) is 9.59 Å². The number of carbonyl (C=O) groups excluding carboxylic acids is 2. The molecule has 0 aliphatic carbocycles. The van der Waals surface area contributed by atoms with Gasteiger partial charge in [-0.1, -0.05) is 11.6 Å². The quantitative estimate of drug-likeness (QED) is 0.250. The van der Waals surface area contributed by atoms with Crippen LogP contribution in [0.15, 0.2) is 47.4 Å². The maximum absolute atomic E-state index is 13.5. The molecule has 3 aromatic rings. The Morgan fingerprint density at radius 3 is 2.11 bits per heavy atom. The third-order valence-corrected chi connectivity index (χ3v) is 7.30. The number of carbonyl (C=O) groups is 2. The van der Waals surface area contributed by atoms with Crippen molar-refractivity contribution in [2.75, 3.05) is 33.3 Å².